The van der Waals surface area contributed by atoms with Crippen molar-refractivity contribution in [2.75, 3.05) is 56.5 Å². The zero-order valence-corrected chi connectivity index (χ0v) is 17.1. The molecule has 0 atom stereocenters. The molecule has 0 unspecified atom stereocenters. The van der Waals surface area contributed by atoms with Crippen molar-refractivity contribution < 1.29 is 9.59 Å². The molecule has 1 aromatic rings. The summed E-state index contributed by atoms with van der Waals surface area (Å²) in [6.45, 7) is 7.98. The first-order chi connectivity index (χ1) is 13.5. The van der Waals surface area contributed by atoms with E-state index in [-0.39, 0.29) is 11.8 Å². The Balaban J connectivity index is 1.36. The number of anilines is 2. The Morgan fingerprint density at radius 1 is 0.964 bits per heavy atom. The zero-order chi connectivity index (χ0) is 19.7. The summed E-state index contributed by atoms with van der Waals surface area (Å²) in [5, 5.41) is 3.00. The van der Waals surface area contributed by atoms with Gasteiger partial charge in [-0.15, -0.1) is 0 Å². The summed E-state index contributed by atoms with van der Waals surface area (Å²) in [4.78, 5) is 32.5. The van der Waals surface area contributed by atoms with Gasteiger partial charge < -0.3 is 20.0 Å². The lowest BCUT2D eigenvalue weighted by molar-refractivity contribution is -0.143. The molecule has 4 rings (SSSR count). The van der Waals surface area contributed by atoms with Crippen LogP contribution in [0.3, 0.4) is 0 Å². The number of nitrogens with zero attached hydrogens (tertiary/aromatic N) is 3. The van der Waals surface area contributed by atoms with Crippen LogP contribution < -0.4 is 10.2 Å². The molecule has 6 nitrogen and oxygen atoms in total. The van der Waals surface area contributed by atoms with E-state index in [9.17, 15) is 9.59 Å². The first kappa shape index (κ1) is 19.2. The molecule has 3 fully saturated rings. The number of benzene rings is 1. The average Bonchev–Trinajstić information content (AvgIpc) is 3.51. The van der Waals surface area contributed by atoms with E-state index in [1.807, 2.05) is 17.0 Å². The van der Waals surface area contributed by atoms with Gasteiger partial charge in [-0.05, 0) is 62.9 Å². The highest BCUT2D eigenvalue weighted by Crippen LogP contribution is 2.48. The normalized spacial score (nSPS) is 22.8. The number of rotatable bonds is 4. The monoisotopic (exact) mass is 384 g/mol. The topological polar surface area (TPSA) is 55.9 Å². The van der Waals surface area contributed by atoms with Crippen LogP contribution in [0.4, 0.5) is 11.4 Å². The van der Waals surface area contributed by atoms with Crippen molar-refractivity contribution in [2.24, 2.45) is 11.3 Å². The molecule has 1 aliphatic carbocycles. The highest BCUT2D eigenvalue weighted by atomic mass is 16.2. The van der Waals surface area contributed by atoms with E-state index < -0.39 is 5.41 Å². The van der Waals surface area contributed by atoms with Crippen LogP contribution >= 0.6 is 0 Å². The Bertz CT molecular complexity index is 713. The molecule has 1 saturated carbocycles. The molecular formula is C22H32N4O2. The minimum absolute atomic E-state index is 0.0333. The molecule has 3 aliphatic rings. The molecule has 2 aliphatic heterocycles. The van der Waals surface area contributed by atoms with Crippen LogP contribution in [0.2, 0.25) is 0 Å². The van der Waals surface area contributed by atoms with E-state index >= 15 is 0 Å². The fourth-order valence-corrected chi connectivity index (χ4v) is 4.25. The second kappa shape index (κ2) is 7.74. The number of hydrogen-bond donors (Lipinski definition) is 1. The zero-order valence-electron chi connectivity index (χ0n) is 17.1. The Hall–Kier alpha value is -2.08. The highest BCUT2D eigenvalue weighted by molar-refractivity contribution is 6.13. The lowest BCUT2D eigenvalue weighted by atomic mass is 9.96. The fraction of sp³-hybridized carbons (Fsp3) is 0.636. The Morgan fingerprint density at radius 2 is 1.57 bits per heavy atom. The third-order valence-corrected chi connectivity index (χ3v) is 6.66. The number of piperazine rings is 1. The van der Waals surface area contributed by atoms with Crippen LogP contribution in [-0.2, 0) is 9.59 Å². The fourth-order valence-electron chi connectivity index (χ4n) is 4.25. The van der Waals surface area contributed by atoms with Crippen molar-refractivity contribution in [3.8, 4) is 0 Å². The van der Waals surface area contributed by atoms with Crippen molar-refractivity contribution in [2.45, 2.75) is 32.6 Å². The summed E-state index contributed by atoms with van der Waals surface area (Å²) in [6.07, 6.45) is 3.42. The molecule has 1 aromatic carbocycles. The van der Waals surface area contributed by atoms with Gasteiger partial charge in [-0.3, -0.25) is 9.59 Å². The first-order valence-corrected chi connectivity index (χ1v) is 10.6. The van der Waals surface area contributed by atoms with E-state index in [1.165, 1.54) is 5.69 Å². The van der Waals surface area contributed by atoms with Gasteiger partial charge in [0.1, 0.15) is 5.41 Å². The maximum atomic E-state index is 13.0. The SMILES string of the molecule is CC1CCN(C(=O)C2(C(=O)Nc3ccc(N4CCN(C)CC4)cc3)CC2)CC1. The van der Waals surface area contributed by atoms with E-state index in [0.29, 0.717) is 18.8 Å². The van der Waals surface area contributed by atoms with Gasteiger partial charge in [-0.2, -0.15) is 0 Å². The largest absolute Gasteiger partial charge is 0.369 e. The number of likely N-dealkylation sites (N-methyl/N-ethyl adjacent to an activating group) is 1. The van der Waals surface area contributed by atoms with Gasteiger partial charge in [-0.25, -0.2) is 0 Å². The number of likely N-dealkylation sites (tertiary alicyclic amines) is 1. The predicted molar refractivity (Wildman–Crippen MR) is 111 cm³/mol. The van der Waals surface area contributed by atoms with Crippen molar-refractivity contribution >= 4 is 23.2 Å². The summed E-state index contributed by atoms with van der Waals surface area (Å²) >= 11 is 0. The number of nitrogens with one attached hydrogen (secondary N) is 1. The Morgan fingerprint density at radius 3 is 2.14 bits per heavy atom. The summed E-state index contributed by atoms with van der Waals surface area (Å²) in [5.41, 5.74) is 1.14. The third-order valence-electron chi connectivity index (χ3n) is 6.66. The molecule has 1 N–H and O–H groups in total. The summed E-state index contributed by atoms with van der Waals surface area (Å²) < 4.78 is 0. The van der Waals surface area contributed by atoms with Gasteiger partial charge in [0.2, 0.25) is 11.8 Å². The molecule has 2 heterocycles. The lowest BCUT2D eigenvalue weighted by Crippen LogP contribution is -2.46. The van der Waals surface area contributed by atoms with E-state index in [4.69, 9.17) is 0 Å². The molecule has 28 heavy (non-hydrogen) atoms. The molecule has 152 valence electrons. The minimum atomic E-state index is -0.823. The second-order valence-corrected chi connectivity index (χ2v) is 8.85. The van der Waals surface area contributed by atoms with Crippen molar-refractivity contribution in [1.29, 1.82) is 0 Å². The molecule has 0 radical (unpaired) electrons. The van der Waals surface area contributed by atoms with Crippen LogP contribution in [0.25, 0.3) is 0 Å². The van der Waals surface area contributed by atoms with E-state index in [2.05, 4.69) is 41.2 Å². The van der Waals surface area contributed by atoms with Crippen LogP contribution in [0, 0.1) is 11.3 Å². The van der Waals surface area contributed by atoms with Crippen LogP contribution in [0.15, 0.2) is 24.3 Å². The molecule has 0 aromatic heterocycles. The van der Waals surface area contributed by atoms with Crippen LogP contribution in [0.1, 0.15) is 32.6 Å². The molecule has 2 saturated heterocycles. The first-order valence-electron chi connectivity index (χ1n) is 10.6. The summed E-state index contributed by atoms with van der Waals surface area (Å²) in [7, 11) is 2.15. The van der Waals surface area contributed by atoms with Gasteiger partial charge in [0.05, 0.1) is 0 Å². The molecule has 0 bridgehead atoms. The van der Waals surface area contributed by atoms with Gasteiger partial charge in [0, 0.05) is 50.6 Å². The van der Waals surface area contributed by atoms with E-state index in [1.54, 1.807) is 0 Å². The highest BCUT2D eigenvalue weighted by Gasteiger charge is 2.58. The molecule has 0 spiro atoms. The number of amides is 2. The Kier molecular flexibility index (Phi) is 5.32. The molecular weight excluding hydrogens is 352 g/mol. The molecule has 6 heteroatoms. The quantitative estimate of drug-likeness (QED) is 0.810. The maximum Gasteiger partial charge on any atom is 0.240 e. The number of hydrogen-bond acceptors (Lipinski definition) is 4. The Labute approximate surface area is 167 Å². The minimum Gasteiger partial charge on any atom is -0.369 e. The predicted octanol–water partition coefficient (Wildman–Crippen LogP) is 2.42. The summed E-state index contributed by atoms with van der Waals surface area (Å²) in [5.74, 6) is 0.571. The van der Waals surface area contributed by atoms with Crippen LogP contribution in [-0.4, -0.2) is 67.9 Å². The standard InChI is InChI=1S/C22H32N4O2/c1-17-7-11-26(12-8-17)21(28)22(9-10-22)20(27)23-18-3-5-19(6-4-18)25-15-13-24(2)14-16-25/h3-6,17H,7-16H2,1-2H3,(H,23,27). The van der Waals surface area contributed by atoms with Gasteiger partial charge >= 0.3 is 0 Å². The smallest absolute Gasteiger partial charge is 0.240 e. The third kappa shape index (κ3) is 3.88. The average molecular weight is 385 g/mol. The second-order valence-electron chi connectivity index (χ2n) is 8.85. The maximum absolute atomic E-state index is 13.0. The number of piperidine rings is 1. The van der Waals surface area contributed by atoms with E-state index in [0.717, 1.165) is 57.8 Å². The van der Waals surface area contributed by atoms with Crippen molar-refractivity contribution in [3.05, 3.63) is 24.3 Å². The number of carbonyl (C=O) groups is 2. The van der Waals surface area contributed by atoms with Crippen molar-refractivity contribution in [3.63, 3.8) is 0 Å². The van der Waals surface area contributed by atoms with Gasteiger partial charge in [0.15, 0.2) is 0 Å². The molecule has 2 amide bonds. The van der Waals surface area contributed by atoms with Gasteiger partial charge in [0.25, 0.3) is 0 Å². The van der Waals surface area contributed by atoms with Gasteiger partial charge in [-0.1, -0.05) is 6.92 Å². The van der Waals surface area contributed by atoms with Crippen molar-refractivity contribution in [1.82, 2.24) is 9.80 Å². The van der Waals surface area contributed by atoms with Crippen LogP contribution in [0.5, 0.6) is 0 Å². The summed E-state index contributed by atoms with van der Waals surface area (Å²) in [6, 6.07) is 8.03. The lowest BCUT2D eigenvalue weighted by Gasteiger charge is -2.34. The number of carbonyl (C=O) groups excluding carboxylic acids is 2.